The zero-order valence-electron chi connectivity index (χ0n) is 9.72. The summed E-state index contributed by atoms with van der Waals surface area (Å²) in [5.41, 5.74) is 0.981. The molecule has 2 heterocycles. The highest BCUT2D eigenvalue weighted by Gasteiger charge is 2.08. The van der Waals surface area contributed by atoms with E-state index in [-0.39, 0.29) is 5.56 Å². The van der Waals surface area contributed by atoms with E-state index in [9.17, 15) is 4.79 Å². The van der Waals surface area contributed by atoms with Crippen LogP contribution < -0.4 is 5.56 Å². The molecule has 3 nitrogen and oxygen atoms in total. The molecular weight excluding hydrogens is 344 g/mol. The van der Waals surface area contributed by atoms with Gasteiger partial charge in [-0.1, -0.05) is 34.1 Å². The quantitative estimate of drug-likeness (QED) is 0.709. The van der Waals surface area contributed by atoms with Crippen LogP contribution in [0.2, 0.25) is 0 Å². The first-order valence-electron chi connectivity index (χ1n) is 5.60. The summed E-state index contributed by atoms with van der Waals surface area (Å²) in [5, 5.41) is 2.57. The van der Waals surface area contributed by atoms with Crippen molar-refractivity contribution in [2.75, 3.05) is 0 Å². The summed E-state index contributed by atoms with van der Waals surface area (Å²) >= 11 is 10.3. The first-order chi connectivity index (χ1) is 9.16. The molecule has 0 saturated heterocycles. The van der Waals surface area contributed by atoms with Gasteiger partial charge in [0.2, 0.25) is 0 Å². The molecule has 0 unspecified atom stereocenters. The van der Waals surface area contributed by atoms with E-state index >= 15 is 0 Å². The first-order valence-corrected chi connectivity index (χ1v) is 7.68. The summed E-state index contributed by atoms with van der Waals surface area (Å²) in [5.74, 6) is 0. The molecule has 3 aromatic rings. The Morgan fingerprint density at radius 2 is 2.11 bits per heavy atom. The molecule has 0 aliphatic carbocycles. The lowest BCUT2D eigenvalue weighted by Crippen LogP contribution is -2.22. The van der Waals surface area contributed by atoms with E-state index in [1.54, 1.807) is 4.57 Å². The van der Waals surface area contributed by atoms with E-state index in [2.05, 4.69) is 20.9 Å². The molecule has 19 heavy (non-hydrogen) atoms. The number of fused-ring (bicyclic) bond motifs is 1. The lowest BCUT2D eigenvalue weighted by Gasteiger charge is -2.08. The van der Waals surface area contributed by atoms with Crippen molar-refractivity contribution in [3.63, 3.8) is 0 Å². The number of benzene rings is 1. The Kier molecular flexibility index (Phi) is 3.38. The molecule has 0 saturated carbocycles. The summed E-state index contributed by atoms with van der Waals surface area (Å²) in [7, 11) is 0. The molecule has 6 heteroatoms. The zero-order valence-corrected chi connectivity index (χ0v) is 12.9. The maximum Gasteiger partial charge on any atom is 0.263 e. The van der Waals surface area contributed by atoms with Gasteiger partial charge in [0.05, 0.1) is 11.9 Å². The minimum atomic E-state index is -0.0456. The van der Waals surface area contributed by atoms with Gasteiger partial charge < -0.3 is 4.98 Å². The number of H-pyrrole nitrogens is 1. The fourth-order valence-corrected chi connectivity index (χ4v) is 3.42. The zero-order chi connectivity index (χ0) is 13.4. The van der Waals surface area contributed by atoms with Crippen LogP contribution in [-0.4, -0.2) is 9.55 Å². The van der Waals surface area contributed by atoms with Crippen molar-refractivity contribution < 1.29 is 0 Å². The standard InChI is InChI=1S/C13H9BrN2OS2/c14-10-4-2-1-3-8(10)7-16-12(17)9-5-6-19-11(9)15-13(16)18/h1-6H,7H2,(H,15,18). The van der Waals surface area contributed by atoms with Gasteiger partial charge >= 0.3 is 0 Å². The number of aromatic nitrogens is 2. The lowest BCUT2D eigenvalue weighted by molar-refractivity contribution is 0.733. The summed E-state index contributed by atoms with van der Waals surface area (Å²) in [4.78, 5) is 16.3. The van der Waals surface area contributed by atoms with Gasteiger partial charge in [0.1, 0.15) is 4.83 Å². The molecule has 1 N–H and O–H groups in total. The van der Waals surface area contributed by atoms with Crippen molar-refractivity contribution in [2.45, 2.75) is 6.54 Å². The van der Waals surface area contributed by atoms with E-state index in [4.69, 9.17) is 12.2 Å². The van der Waals surface area contributed by atoms with E-state index in [1.165, 1.54) is 11.3 Å². The van der Waals surface area contributed by atoms with Crippen molar-refractivity contribution >= 4 is 49.7 Å². The molecule has 0 amide bonds. The minimum absolute atomic E-state index is 0.0456. The van der Waals surface area contributed by atoms with Crippen LogP contribution in [0.15, 0.2) is 45.0 Å². The van der Waals surface area contributed by atoms with Crippen molar-refractivity contribution in [3.05, 3.63) is 60.9 Å². The highest BCUT2D eigenvalue weighted by Crippen LogP contribution is 2.18. The van der Waals surface area contributed by atoms with E-state index < -0.39 is 0 Å². The molecule has 0 fully saturated rings. The van der Waals surface area contributed by atoms with Gasteiger partial charge in [-0.3, -0.25) is 9.36 Å². The Bertz CT molecular complexity index is 863. The molecule has 0 atom stereocenters. The van der Waals surface area contributed by atoms with Gasteiger partial charge in [-0.2, -0.15) is 0 Å². The largest absolute Gasteiger partial charge is 0.323 e. The third-order valence-electron chi connectivity index (χ3n) is 2.89. The Labute approximate surface area is 126 Å². The van der Waals surface area contributed by atoms with Gasteiger partial charge in [-0.15, -0.1) is 11.3 Å². The summed E-state index contributed by atoms with van der Waals surface area (Å²) < 4.78 is 3.02. The number of thiophene rings is 1. The van der Waals surface area contributed by atoms with Crippen molar-refractivity contribution in [1.82, 2.24) is 9.55 Å². The van der Waals surface area contributed by atoms with Crippen LogP contribution in [0.4, 0.5) is 0 Å². The van der Waals surface area contributed by atoms with Crippen molar-refractivity contribution in [3.8, 4) is 0 Å². The molecule has 0 aliphatic rings. The monoisotopic (exact) mass is 352 g/mol. The number of hydrogen-bond donors (Lipinski definition) is 1. The molecule has 0 aliphatic heterocycles. The number of hydrogen-bond acceptors (Lipinski definition) is 3. The number of nitrogens with zero attached hydrogens (tertiary/aromatic N) is 1. The average molecular weight is 353 g/mol. The van der Waals surface area contributed by atoms with E-state index in [0.717, 1.165) is 14.9 Å². The fraction of sp³-hybridized carbons (Fsp3) is 0.0769. The second-order valence-corrected chi connectivity index (χ2v) is 6.23. The first kappa shape index (κ1) is 12.8. The Morgan fingerprint density at radius 3 is 2.89 bits per heavy atom. The minimum Gasteiger partial charge on any atom is -0.323 e. The molecule has 3 rings (SSSR count). The SMILES string of the molecule is O=c1c2ccsc2[nH]c(=S)n1Cc1ccccc1Br. The van der Waals surface area contributed by atoms with Crippen LogP contribution in [0.1, 0.15) is 5.56 Å². The lowest BCUT2D eigenvalue weighted by atomic mass is 10.2. The molecule has 0 radical (unpaired) electrons. The normalized spacial score (nSPS) is 11.0. The molecule has 0 bridgehead atoms. The summed E-state index contributed by atoms with van der Waals surface area (Å²) in [6.07, 6.45) is 0. The fourth-order valence-electron chi connectivity index (χ4n) is 1.92. The van der Waals surface area contributed by atoms with Crippen molar-refractivity contribution in [2.24, 2.45) is 0 Å². The average Bonchev–Trinajstić information content (AvgIpc) is 2.84. The number of rotatable bonds is 2. The Balaban J connectivity index is 2.18. The Morgan fingerprint density at radius 1 is 1.32 bits per heavy atom. The van der Waals surface area contributed by atoms with Gasteiger partial charge in [-0.05, 0) is 35.3 Å². The highest BCUT2D eigenvalue weighted by atomic mass is 79.9. The number of halogens is 1. The second-order valence-electron chi connectivity index (χ2n) is 4.08. The molecule has 1 aromatic carbocycles. The van der Waals surface area contributed by atoms with Crippen molar-refractivity contribution in [1.29, 1.82) is 0 Å². The maximum atomic E-state index is 12.4. The third-order valence-corrected chi connectivity index (χ3v) is 4.82. The van der Waals surface area contributed by atoms with Crippen LogP contribution in [0.25, 0.3) is 10.2 Å². The van der Waals surface area contributed by atoms with Gasteiger partial charge in [0.15, 0.2) is 4.77 Å². The van der Waals surface area contributed by atoms with Gasteiger partial charge in [0, 0.05) is 4.47 Å². The predicted molar refractivity (Wildman–Crippen MR) is 84.5 cm³/mol. The molecular formula is C13H9BrN2OS2. The molecule has 0 spiro atoms. The number of nitrogens with one attached hydrogen (secondary N) is 1. The third kappa shape index (κ3) is 2.31. The van der Waals surface area contributed by atoms with E-state index in [0.29, 0.717) is 16.7 Å². The second kappa shape index (κ2) is 5.03. The maximum absolute atomic E-state index is 12.4. The van der Waals surface area contributed by atoms with E-state index in [1.807, 2.05) is 35.7 Å². The summed E-state index contributed by atoms with van der Waals surface area (Å²) in [6.45, 7) is 0.460. The van der Waals surface area contributed by atoms with Crippen LogP contribution in [0, 0.1) is 4.77 Å². The van der Waals surface area contributed by atoms with Crippen LogP contribution in [0.5, 0.6) is 0 Å². The van der Waals surface area contributed by atoms with Crippen LogP contribution in [0.3, 0.4) is 0 Å². The van der Waals surface area contributed by atoms with Crippen LogP contribution >= 0.6 is 39.5 Å². The Hall–Kier alpha value is -1.24. The van der Waals surface area contributed by atoms with Crippen LogP contribution in [-0.2, 0) is 6.54 Å². The topological polar surface area (TPSA) is 37.8 Å². The summed E-state index contributed by atoms with van der Waals surface area (Å²) in [6, 6.07) is 9.64. The molecule has 2 aromatic heterocycles. The predicted octanol–water partition coefficient (Wildman–Crippen LogP) is 3.93. The smallest absolute Gasteiger partial charge is 0.263 e. The number of aromatic amines is 1. The highest BCUT2D eigenvalue weighted by molar-refractivity contribution is 9.10. The molecule has 96 valence electrons. The van der Waals surface area contributed by atoms with Gasteiger partial charge in [-0.25, -0.2) is 0 Å². The van der Waals surface area contributed by atoms with Gasteiger partial charge in [0.25, 0.3) is 5.56 Å².